The summed E-state index contributed by atoms with van der Waals surface area (Å²) in [7, 11) is 0. The first-order valence-electron chi connectivity index (χ1n) is 7.60. The van der Waals surface area contributed by atoms with Crippen molar-refractivity contribution in [3.63, 3.8) is 0 Å². The van der Waals surface area contributed by atoms with Crippen molar-refractivity contribution in [3.8, 4) is 0 Å². The standard InChI is InChI=1S/C16H33/c1-4-6-8-10-11-13-15-16(3)14-12-9-7-5-2/h16H,2,4-15H2,1,3H3. The third-order valence-corrected chi connectivity index (χ3v) is 3.50. The summed E-state index contributed by atoms with van der Waals surface area (Å²) in [5, 5.41) is 0. The van der Waals surface area contributed by atoms with E-state index in [4.69, 9.17) is 0 Å². The third-order valence-electron chi connectivity index (χ3n) is 3.50. The summed E-state index contributed by atoms with van der Waals surface area (Å²) in [5.74, 6) is 0.955. The SMILES string of the molecule is [CH2]CCCCCC(C)CCCCCCCC. The molecule has 0 bridgehead atoms. The van der Waals surface area contributed by atoms with Gasteiger partial charge in [0.05, 0.1) is 0 Å². The minimum absolute atomic E-state index is 0.955. The highest BCUT2D eigenvalue weighted by molar-refractivity contribution is 4.55. The highest BCUT2D eigenvalue weighted by Crippen LogP contribution is 2.17. The second-order valence-electron chi connectivity index (χ2n) is 5.36. The number of unbranched alkanes of at least 4 members (excludes halogenated alkanes) is 8. The van der Waals surface area contributed by atoms with Crippen LogP contribution in [0.25, 0.3) is 0 Å². The minimum atomic E-state index is 0.955. The molecule has 0 rings (SSSR count). The minimum Gasteiger partial charge on any atom is -0.0654 e. The van der Waals surface area contributed by atoms with Gasteiger partial charge in [0.1, 0.15) is 0 Å². The van der Waals surface area contributed by atoms with Crippen molar-refractivity contribution in [2.24, 2.45) is 5.92 Å². The molecule has 1 atom stereocenters. The van der Waals surface area contributed by atoms with Crippen molar-refractivity contribution in [1.29, 1.82) is 0 Å². The number of hydrogen-bond acceptors (Lipinski definition) is 0. The summed E-state index contributed by atoms with van der Waals surface area (Å²) in [5.41, 5.74) is 0. The van der Waals surface area contributed by atoms with Gasteiger partial charge in [-0.05, 0) is 5.92 Å². The lowest BCUT2D eigenvalue weighted by Gasteiger charge is -2.10. The molecule has 16 heavy (non-hydrogen) atoms. The van der Waals surface area contributed by atoms with Gasteiger partial charge in [0, 0.05) is 0 Å². The van der Waals surface area contributed by atoms with Gasteiger partial charge in [0.15, 0.2) is 0 Å². The van der Waals surface area contributed by atoms with Gasteiger partial charge in [-0.15, -0.1) is 0 Å². The van der Waals surface area contributed by atoms with Crippen LogP contribution in [0.3, 0.4) is 0 Å². The summed E-state index contributed by atoms with van der Waals surface area (Å²) >= 11 is 0. The van der Waals surface area contributed by atoms with Crippen LogP contribution in [0.15, 0.2) is 0 Å². The molecule has 0 saturated carbocycles. The Balaban J connectivity index is 3.08. The Bertz CT molecular complexity index is 117. The molecule has 0 aliphatic rings. The van der Waals surface area contributed by atoms with Crippen LogP contribution >= 0.6 is 0 Å². The fourth-order valence-electron chi connectivity index (χ4n) is 2.26. The normalized spacial score (nSPS) is 12.9. The van der Waals surface area contributed by atoms with Crippen molar-refractivity contribution < 1.29 is 0 Å². The van der Waals surface area contributed by atoms with E-state index in [2.05, 4.69) is 20.8 Å². The van der Waals surface area contributed by atoms with Gasteiger partial charge in [0.2, 0.25) is 0 Å². The van der Waals surface area contributed by atoms with Crippen LogP contribution in [0, 0.1) is 12.8 Å². The van der Waals surface area contributed by atoms with Crippen LogP contribution in [-0.2, 0) is 0 Å². The predicted octanol–water partition coefficient (Wildman–Crippen LogP) is 6.16. The molecular weight excluding hydrogens is 192 g/mol. The number of hydrogen-bond donors (Lipinski definition) is 0. The number of rotatable bonds is 12. The molecule has 0 fully saturated rings. The molecule has 0 aromatic heterocycles. The van der Waals surface area contributed by atoms with Gasteiger partial charge in [-0.1, -0.05) is 97.8 Å². The van der Waals surface area contributed by atoms with Gasteiger partial charge in [-0.25, -0.2) is 0 Å². The fourth-order valence-corrected chi connectivity index (χ4v) is 2.26. The Kier molecular flexibility index (Phi) is 13.1. The molecule has 0 amide bonds. The van der Waals surface area contributed by atoms with E-state index in [-0.39, 0.29) is 0 Å². The average molecular weight is 225 g/mol. The van der Waals surface area contributed by atoms with Gasteiger partial charge >= 0.3 is 0 Å². The lowest BCUT2D eigenvalue weighted by molar-refractivity contribution is 0.435. The largest absolute Gasteiger partial charge is 0.0654 e. The average Bonchev–Trinajstić information content (AvgIpc) is 2.29. The van der Waals surface area contributed by atoms with Crippen LogP contribution in [0.4, 0.5) is 0 Å². The zero-order valence-corrected chi connectivity index (χ0v) is 11.8. The molecule has 0 aromatic rings. The van der Waals surface area contributed by atoms with Crippen molar-refractivity contribution in [2.45, 2.75) is 90.9 Å². The van der Waals surface area contributed by atoms with Gasteiger partial charge in [0.25, 0.3) is 0 Å². The predicted molar refractivity (Wildman–Crippen MR) is 75.6 cm³/mol. The summed E-state index contributed by atoms with van der Waals surface area (Å²) in [6.07, 6.45) is 16.8. The molecule has 1 unspecified atom stereocenters. The topological polar surface area (TPSA) is 0 Å². The van der Waals surface area contributed by atoms with E-state index < -0.39 is 0 Å². The van der Waals surface area contributed by atoms with Crippen LogP contribution in [-0.4, -0.2) is 0 Å². The van der Waals surface area contributed by atoms with Gasteiger partial charge in [-0.2, -0.15) is 0 Å². The van der Waals surface area contributed by atoms with E-state index in [1.807, 2.05) is 0 Å². The lowest BCUT2D eigenvalue weighted by Crippen LogP contribution is -1.95. The Hall–Kier alpha value is 0. The third kappa shape index (κ3) is 12.1. The Morgan fingerprint density at radius 3 is 1.81 bits per heavy atom. The smallest absolute Gasteiger partial charge is 0.0443 e. The Morgan fingerprint density at radius 2 is 1.25 bits per heavy atom. The molecule has 0 N–H and O–H groups in total. The molecule has 1 radical (unpaired) electrons. The maximum Gasteiger partial charge on any atom is -0.0443 e. The Morgan fingerprint density at radius 1 is 0.750 bits per heavy atom. The zero-order chi connectivity index (χ0) is 12.1. The van der Waals surface area contributed by atoms with Crippen molar-refractivity contribution >= 4 is 0 Å². The van der Waals surface area contributed by atoms with Crippen molar-refractivity contribution in [1.82, 2.24) is 0 Å². The van der Waals surface area contributed by atoms with Gasteiger partial charge < -0.3 is 0 Å². The highest BCUT2D eigenvalue weighted by atomic mass is 14.1. The first-order chi connectivity index (χ1) is 7.81. The lowest BCUT2D eigenvalue weighted by atomic mass is 9.96. The molecule has 97 valence electrons. The summed E-state index contributed by atoms with van der Waals surface area (Å²) in [6, 6.07) is 0. The van der Waals surface area contributed by atoms with E-state index in [0.29, 0.717) is 0 Å². The van der Waals surface area contributed by atoms with Crippen molar-refractivity contribution in [3.05, 3.63) is 6.92 Å². The molecule has 0 aromatic carbocycles. The van der Waals surface area contributed by atoms with E-state index >= 15 is 0 Å². The molecule has 0 aliphatic heterocycles. The van der Waals surface area contributed by atoms with Crippen LogP contribution < -0.4 is 0 Å². The summed E-state index contributed by atoms with van der Waals surface area (Å²) in [4.78, 5) is 0. The van der Waals surface area contributed by atoms with Crippen molar-refractivity contribution in [2.75, 3.05) is 0 Å². The molecular formula is C16H33. The Labute approximate surface area is 104 Å². The monoisotopic (exact) mass is 225 g/mol. The zero-order valence-electron chi connectivity index (χ0n) is 11.8. The van der Waals surface area contributed by atoms with Crippen LogP contribution in [0.1, 0.15) is 90.9 Å². The van der Waals surface area contributed by atoms with E-state index in [9.17, 15) is 0 Å². The second kappa shape index (κ2) is 13.1. The first-order valence-corrected chi connectivity index (χ1v) is 7.60. The second-order valence-corrected chi connectivity index (χ2v) is 5.36. The molecule has 0 nitrogen and oxygen atoms in total. The highest BCUT2D eigenvalue weighted by Gasteiger charge is 2.01. The van der Waals surface area contributed by atoms with Crippen LogP contribution in [0.2, 0.25) is 0 Å². The maximum absolute atomic E-state index is 3.89. The molecule has 0 heteroatoms. The van der Waals surface area contributed by atoms with E-state index in [1.54, 1.807) is 0 Å². The molecule has 0 heterocycles. The van der Waals surface area contributed by atoms with Gasteiger partial charge in [-0.3, -0.25) is 0 Å². The fraction of sp³-hybridized carbons (Fsp3) is 0.938. The van der Waals surface area contributed by atoms with E-state index in [1.165, 1.54) is 70.6 Å². The quantitative estimate of drug-likeness (QED) is 0.349. The van der Waals surface area contributed by atoms with E-state index in [0.717, 1.165) is 12.3 Å². The molecule has 0 aliphatic carbocycles. The van der Waals surface area contributed by atoms with Crippen LogP contribution in [0.5, 0.6) is 0 Å². The molecule has 0 saturated heterocycles. The summed E-state index contributed by atoms with van der Waals surface area (Å²) in [6.45, 7) is 8.60. The first kappa shape index (κ1) is 16.0. The maximum atomic E-state index is 3.89. The molecule has 0 spiro atoms. The summed E-state index contributed by atoms with van der Waals surface area (Å²) < 4.78 is 0.